The van der Waals surface area contributed by atoms with Gasteiger partial charge in [0.2, 0.25) is 0 Å². The summed E-state index contributed by atoms with van der Waals surface area (Å²) in [5.74, 6) is 0. The van der Waals surface area contributed by atoms with Crippen LogP contribution >= 0.6 is 34.8 Å². The topological polar surface area (TPSA) is 26.0 Å². The van der Waals surface area contributed by atoms with Crippen molar-refractivity contribution < 1.29 is 0 Å². The molecule has 4 heteroatoms. The number of hydrogen-bond acceptors (Lipinski definition) is 1. The lowest BCUT2D eigenvalue weighted by Crippen LogP contribution is -2.26. The molecule has 0 radical (unpaired) electrons. The molecule has 0 aliphatic rings. The van der Waals surface area contributed by atoms with Crippen LogP contribution in [0.1, 0.15) is 16.7 Å². The average molecular weight is 329 g/mol. The molecule has 1 nitrogen and oxygen atoms in total. The van der Waals surface area contributed by atoms with Gasteiger partial charge in [-0.3, -0.25) is 0 Å². The van der Waals surface area contributed by atoms with Crippen LogP contribution in [0.15, 0.2) is 36.4 Å². The lowest BCUT2D eigenvalue weighted by Gasteiger charge is -2.15. The van der Waals surface area contributed by atoms with Crippen molar-refractivity contribution in [3.8, 4) is 0 Å². The van der Waals surface area contributed by atoms with Crippen LogP contribution in [0.3, 0.4) is 0 Å². The molecule has 0 spiro atoms. The van der Waals surface area contributed by atoms with Gasteiger partial charge in [0.25, 0.3) is 0 Å². The third-order valence-electron chi connectivity index (χ3n) is 3.22. The van der Waals surface area contributed by atoms with Gasteiger partial charge >= 0.3 is 0 Å². The molecule has 2 aromatic carbocycles. The molecule has 1 atom stereocenters. The molecular formula is C16H16Cl3N. The predicted octanol–water partition coefficient (Wildman–Crippen LogP) is 5.07. The van der Waals surface area contributed by atoms with E-state index >= 15 is 0 Å². The van der Waals surface area contributed by atoms with Crippen molar-refractivity contribution in [1.82, 2.24) is 0 Å². The number of rotatable bonds is 4. The Labute approximate surface area is 134 Å². The second-order valence-corrected chi connectivity index (χ2v) is 6.19. The fourth-order valence-corrected chi connectivity index (χ4v) is 3.03. The zero-order valence-electron chi connectivity index (χ0n) is 11.2. The smallest absolute Gasteiger partial charge is 0.0453 e. The van der Waals surface area contributed by atoms with E-state index in [1.807, 2.05) is 43.3 Å². The third kappa shape index (κ3) is 3.89. The van der Waals surface area contributed by atoms with E-state index in [4.69, 9.17) is 40.5 Å². The Hall–Kier alpha value is -0.730. The van der Waals surface area contributed by atoms with Crippen LogP contribution in [-0.4, -0.2) is 6.04 Å². The fourth-order valence-electron chi connectivity index (χ4n) is 2.16. The van der Waals surface area contributed by atoms with Crippen LogP contribution in [-0.2, 0) is 12.8 Å². The van der Waals surface area contributed by atoms with Gasteiger partial charge in [0, 0.05) is 21.1 Å². The Balaban J connectivity index is 2.11. The van der Waals surface area contributed by atoms with Crippen molar-refractivity contribution in [3.63, 3.8) is 0 Å². The van der Waals surface area contributed by atoms with E-state index < -0.39 is 0 Å². The van der Waals surface area contributed by atoms with E-state index in [1.54, 1.807) is 0 Å². The maximum atomic E-state index is 6.23. The maximum absolute atomic E-state index is 6.23. The third-order valence-corrected chi connectivity index (χ3v) is 4.28. The highest BCUT2D eigenvalue weighted by atomic mass is 35.5. The Bertz CT molecular complexity index is 590. The van der Waals surface area contributed by atoms with E-state index in [1.165, 1.54) is 0 Å². The molecular weight excluding hydrogens is 313 g/mol. The maximum Gasteiger partial charge on any atom is 0.0453 e. The SMILES string of the molecule is Cc1ccc(CC(N)Cc2c(Cl)cccc2Cl)c(Cl)c1. The van der Waals surface area contributed by atoms with Crippen LogP contribution < -0.4 is 5.73 Å². The van der Waals surface area contributed by atoms with Gasteiger partial charge in [0.15, 0.2) is 0 Å². The quantitative estimate of drug-likeness (QED) is 0.833. The highest BCUT2D eigenvalue weighted by molar-refractivity contribution is 6.36. The first kappa shape index (κ1) is 15.7. The summed E-state index contributed by atoms with van der Waals surface area (Å²) in [5.41, 5.74) is 9.29. The average Bonchev–Trinajstić information content (AvgIpc) is 2.37. The summed E-state index contributed by atoms with van der Waals surface area (Å²) in [6.07, 6.45) is 1.32. The first-order valence-electron chi connectivity index (χ1n) is 6.41. The standard InChI is InChI=1S/C16H16Cl3N/c1-10-5-6-11(16(19)7-10)8-12(20)9-13-14(17)3-2-4-15(13)18/h2-7,12H,8-9,20H2,1H3. The van der Waals surface area contributed by atoms with E-state index in [2.05, 4.69) is 0 Å². The first-order chi connectivity index (χ1) is 9.47. The van der Waals surface area contributed by atoms with Gasteiger partial charge < -0.3 is 5.73 Å². The normalized spacial score (nSPS) is 12.4. The molecule has 1 unspecified atom stereocenters. The monoisotopic (exact) mass is 327 g/mol. The molecule has 0 saturated heterocycles. The molecule has 20 heavy (non-hydrogen) atoms. The summed E-state index contributed by atoms with van der Waals surface area (Å²) in [7, 11) is 0. The molecule has 0 heterocycles. The van der Waals surface area contributed by atoms with Crippen molar-refractivity contribution in [3.05, 3.63) is 68.2 Å². The van der Waals surface area contributed by atoms with Crippen molar-refractivity contribution >= 4 is 34.8 Å². The van der Waals surface area contributed by atoms with Crippen LogP contribution in [0.5, 0.6) is 0 Å². The van der Waals surface area contributed by atoms with Crippen molar-refractivity contribution in [2.75, 3.05) is 0 Å². The molecule has 0 aliphatic heterocycles. The minimum Gasteiger partial charge on any atom is -0.327 e. The Kier molecular flexibility index (Phi) is 5.34. The zero-order chi connectivity index (χ0) is 14.7. The van der Waals surface area contributed by atoms with Crippen LogP contribution in [0.25, 0.3) is 0 Å². The van der Waals surface area contributed by atoms with Gasteiger partial charge in [-0.2, -0.15) is 0 Å². The summed E-state index contributed by atoms with van der Waals surface area (Å²) >= 11 is 18.6. The highest BCUT2D eigenvalue weighted by Crippen LogP contribution is 2.26. The minimum absolute atomic E-state index is 0.0763. The molecule has 2 rings (SSSR count). The fraction of sp³-hybridized carbons (Fsp3) is 0.250. The molecule has 0 aromatic heterocycles. The molecule has 0 bridgehead atoms. The van der Waals surface area contributed by atoms with Gasteiger partial charge in [0.1, 0.15) is 0 Å². The molecule has 0 saturated carbocycles. The Morgan fingerprint density at radius 1 is 0.950 bits per heavy atom. The van der Waals surface area contributed by atoms with Crippen LogP contribution in [0.2, 0.25) is 15.1 Å². The molecule has 0 fully saturated rings. The summed E-state index contributed by atoms with van der Waals surface area (Å²) < 4.78 is 0. The van der Waals surface area contributed by atoms with Gasteiger partial charge in [0.05, 0.1) is 0 Å². The molecule has 0 amide bonds. The van der Waals surface area contributed by atoms with Crippen molar-refractivity contribution in [2.24, 2.45) is 5.73 Å². The van der Waals surface area contributed by atoms with Crippen molar-refractivity contribution in [1.29, 1.82) is 0 Å². The van der Waals surface area contributed by atoms with E-state index in [0.29, 0.717) is 22.9 Å². The summed E-state index contributed by atoms with van der Waals surface area (Å²) in [6.45, 7) is 2.01. The molecule has 106 valence electrons. The lowest BCUT2D eigenvalue weighted by molar-refractivity contribution is 0.665. The van der Waals surface area contributed by atoms with Gasteiger partial charge in [-0.25, -0.2) is 0 Å². The largest absolute Gasteiger partial charge is 0.327 e. The molecule has 2 N–H and O–H groups in total. The second kappa shape index (κ2) is 6.82. The van der Waals surface area contributed by atoms with Gasteiger partial charge in [-0.1, -0.05) is 53.0 Å². The van der Waals surface area contributed by atoms with Gasteiger partial charge in [-0.05, 0) is 54.7 Å². The summed E-state index contributed by atoms with van der Waals surface area (Å²) in [4.78, 5) is 0. The second-order valence-electron chi connectivity index (χ2n) is 4.96. The Morgan fingerprint density at radius 2 is 1.60 bits per heavy atom. The number of nitrogens with two attached hydrogens (primary N) is 1. The van der Waals surface area contributed by atoms with Crippen LogP contribution in [0.4, 0.5) is 0 Å². The first-order valence-corrected chi connectivity index (χ1v) is 7.54. The Morgan fingerprint density at radius 3 is 2.20 bits per heavy atom. The summed E-state index contributed by atoms with van der Waals surface area (Å²) in [6, 6.07) is 11.4. The molecule has 0 aliphatic carbocycles. The van der Waals surface area contributed by atoms with E-state index in [0.717, 1.165) is 21.7 Å². The number of halogens is 3. The predicted molar refractivity (Wildman–Crippen MR) is 88.0 cm³/mol. The lowest BCUT2D eigenvalue weighted by atomic mass is 9.99. The van der Waals surface area contributed by atoms with E-state index in [9.17, 15) is 0 Å². The van der Waals surface area contributed by atoms with Crippen LogP contribution in [0, 0.1) is 6.92 Å². The number of benzene rings is 2. The number of hydrogen-bond donors (Lipinski definition) is 1. The summed E-state index contributed by atoms with van der Waals surface area (Å²) in [5, 5.41) is 2.07. The minimum atomic E-state index is -0.0763. The van der Waals surface area contributed by atoms with E-state index in [-0.39, 0.29) is 6.04 Å². The highest BCUT2D eigenvalue weighted by Gasteiger charge is 2.12. The number of aryl methyl sites for hydroxylation is 1. The molecule has 2 aromatic rings. The zero-order valence-corrected chi connectivity index (χ0v) is 13.4. The van der Waals surface area contributed by atoms with Gasteiger partial charge in [-0.15, -0.1) is 0 Å². The van der Waals surface area contributed by atoms with Crippen molar-refractivity contribution in [2.45, 2.75) is 25.8 Å².